The molecule has 1 saturated heterocycles. The van der Waals surface area contributed by atoms with Crippen molar-refractivity contribution in [3.8, 4) is 0 Å². The lowest BCUT2D eigenvalue weighted by Gasteiger charge is -2.36. The number of nitrogens with zero attached hydrogens (tertiary/aromatic N) is 3. The van der Waals surface area contributed by atoms with Crippen LogP contribution in [0.3, 0.4) is 0 Å². The zero-order chi connectivity index (χ0) is 15.9. The number of halogens is 2. The van der Waals surface area contributed by atoms with Gasteiger partial charge in [0.25, 0.3) is 5.92 Å². The van der Waals surface area contributed by atoms with E-state index in [1.807, 2.05) is 31.3 Å². The Kier molecular flexibility index (Phi) is 3.60. The van der Waals surface area contributed by atoms with Crippen molar-refractivity contribution in [2.45, 2.75) is 18.9 Å². The van der Waals surface area contributed by atoms with Crippen molar-refractivity contribution in [1.29, 1.82) is 0 Å². The average Bonchev–Trinajstić information content (AvgIpc) is 2.75. The molecule has 0 radical (unpaired) electrons. The van der Waals surface area contributed by atoms with Gasteiger partial charge < -0.3 is 5.11 Å². The molecular formula is C15H17F2N3O2. The number of alkyl halides is 2. The van der Waals surface area contributed by atoms with Gasteiger partial charge >= 0.3 is 5.97 Å². The number of carboxylic acids is 1. The van der Waals surface area contributed by atoms with Crippen LogP contribution in [0, 0.1) is 5.92 Å². The second-order valence-electron chi connectivity index (χ2n) is 5.74. The van der Waals surface area contributed by atoms with Crippen LogP contribution in [-0.2, 0) is 18.4 Å². The first kappa shape index (κ1) is 14.9. The van der Waals surface area contributed by atoms with E-state index in [0.29, 0.717) is 13.1 Å². The van der Waals surface area contributed by atoms with Gasteiger partial charge in [0.1, 0.15) is 5.92 Å². The summed E-state index contributed by atoms with van der Waals surface area (Å²) in [5, 5.41) is 14.2. The van der Waals surface area contributed by atoms with Gasteiger partial charge in [0.05, 0.1) is 17.8 Å². The fraction of sp³-hybridized carbons (Fsp3) is 0.467. The molecule has 1 atom stereocenters. The van der Waals surface area contributed by atoms with Gasteiger partial charge in [-0.15, -0.1) is 0 Å². The van der Waals surface area contributed by atoms with Crippen molar-refractivity contribution in [2.75, 3.05) is 13.1 Å². The number of benzene rings is 1. The molecule has 0 spiro atoms. The second kappa shape index (κ2) is 5.31. The molecule has 0 saturated carbocycles. The van der Waals surface area contributed by atoms with E-state index in [-0.39, 0.29) is 6.42 Å². The minimum atomic E-state index is -3.21. The number of aromatic nitrogens is 2. The Balaban J connectivity index is 1.80. The number of likely N-dealkylation sites (tertiary alicyclic amines) is 1. The van der Waals surface area contributed by atoms with E-state index in [4.69, 9.17) is 5.11 Å². The van der Waals surface area contributed by atoms with Crippen LogP contribution in [0.25, 0.3) is 10.9 Å². The highest BCUT2D eigenvalue weighted by Gasteiger charge is 2.48. The summed E-state index contributed by atoms with van der Waals surface area (Å²) in [5.74, 6) is -6.23. The van der Waals surface area contributed by atoms with Gasteiger partial charge in [-0.3, -0.25) is 14.4 Å². The highest BCUT2D eigenvalue weighted by Crippen LogP contribution is 2.34. The Morgan fingerprint density at radius 3 is 2.86 bits per heavy atom. The third-order valence-corrected chi connectivity index (χ3v) is 4.18. The smallest absolute Gasteiger partial charge is 0.312 e. The lowest BCUT2D eigenvalue weighted by molar-refractivity contribution is -0.167. The minimum Gasteiger partial charge on any atom is -0.481 e. The number of piperidine rings is 1. The quantitative estimate of drug-likeness (QED) is 0.943. The number of fused-ring (bicyclic) bond motifs is 1. The fourth-order valence-electron chi connectivity index (χ4n) is 3.07. The third-order valence-electron chi connectivity index (χ3n) is 4.18. The number of hydrogen-bond donors (Lipinski definition) is 1. The van der Waals surface area contributed by atoms with Gasteiger partial charge in [-0.05, 0) is 19.0 Å². The highest BCUT2D eigenvalue weighted by atomic mass is 19.3. The molecule has 1 aromatic carbocycles. The highest BCUT2D eigenvalue weighted by molar-refractivity contribution is 5.81. The molecule has 2 heterocycles. The molecule has 7 heteroatoms. The molecule has 1 aliphatic heterocycles. The number of carbonyl (C=O) groups is 1. The van der Waals surface area contributed by atoms with E-state index in [1.54, 1.807) is 9.58 Å². The molecule has 1 aromatic heterocycles. The molecule has 22 heavy (non-hydrogen) atoms. The summed E-state index contributed by atoms with van der Waals surface area (Å²) in [6, 6.07) is 7.63. The maximum atomic E-state index is 13.9. The second-order valence-corrected chi connectivity index (χ2v) is 5.74. The molecule has 1 fully saturated rings. The van der Waals surface area contributed by atoms with Crippen molar-refractivity contribution in [2.24, 2.45) is 13.0 Å². The Hall–Kier alpha value is -2.02. The first-order valence-corrected chi connectivity index (χ1v) is 7.12. The van der Waals surface area contributed by atoms with Gasteiger partial charge in [-0.1, -0.05) is 18.2 Å². The van der Waals surface area contributed by atoms with Crippen molar-refractivity contribution in [3.05, 3.63) is 30.0 Å². The van der Waals surface area contributed by atoms with Crippen LogP contribution < -0.4 is 0 Å². The van der Waals surface area contributed by atoms with Crippen molar-refractivity contribution in [3.63, 3.8) is 0 Å². The van der Waals surface area contributed by atoms with Crippen LogP contribution in [0.5, 0.6) is 0 Å². The summed E-state index contributed by atoms with van der Waals surface area (Å²) in [7, 11) is 1.82. The largest absolute Gasteiger partial charge is 0.481 e. The van der Waals surface area contributed by atoms with E-state index in [2.05, 4.69) is 5.10 Å². The SMILES string of the molecule is Cn1nc(CN2CCC(C(=O)O)C(F)(F)C2)c2ccccc21. The summed E-state index contributed by atoms with van der Waals surface area (Å²) in [5.41, 5.74) is 1.69. The summed E-state index contributed by atoms with van der Waals surface area (Å²) in [6.45, 7) is 0.0790. The molecule has 118 valence electrons. The van der Waals surface area contributed by atoms with Gasteiger partial charge in [-0.25, -0.2) is 8.78 Å². The Bertz CT molecular complexity index is 714. The molecular weight excluding hydrogens is 292 g/mol. The third kappa shape index (κ3) is 2.56. The van der Waals surface area contributed by atoms with Crippen molar-refractivity contribution < 1.29 is 18.7 Å². The summed E-state index contributed by atoms with van der Waals surface area (Å²) < 4.78 is 29.6. The van der Waals surface area contributed by atoms with Gasteiger partial charge in [0, 0.05) is 19.0 Å². The van der Waals surface area contributed by atoms with Gasteiger partial charge in [0.15, 0.2) is 0 Å². The maximum Gasteiger partial charge on any atom is 0.312 e. The summed E-state index contributed by atoms with van der Waals surface area (Å²) >= 11 is 0. The van der Waals surface area contributed by atoms with Crippen molar-refractivity contribution >= 4 is 16.9 Å². The molecule has 5 nitrogen and oxygen atoms in total. The summed E-state index contributed by atoms with van der Waals surface area (Å²) in [6.07, 6.45) is -0.0485. The zero-order valence-electron chi connectivity index (χ0n) is 12.2. The van der Waals surface area contributed by atoms with E-state index in [1.165, 1.54) is 0 Å². The minimum absolute atomic E-state index is 0.0485. The molecule has 0 aliphatic carbocycles. The topological polar surface area (TPSA) is 58.4 Å². The van der Waals surface area contributed by atoms with E-state index in [9.17, 15) is 13.6 Å². The van der Waals surface area contributed by atoms with Gasteiger partial charge in [0.2, 0.25) is 0 Å². The van der Waals surface area contributed by atoms with Crippen LogP contribution >= 0.6 is 0 Å². The first-order valence-electron chi connectivity index (χ1n) is 7.12. The molecule has 1 aliphatic rings. The van der Waals surface area contributed by atoms with E-state index < -0.39 is 24.4 Å². The van der Waals surface area contributed by atoms with Crippen molar-refractivity contribution in [1.82, 2.24) is 14.7 Å². The normalized spacial score (nSPS) is 22.0. The summed E-state index contributed by atoms with van der Waals surface area (Å²) in [4.78, 5) is 12.5. The molecule has 2 aromatic rings. The van der Waals surface area contributed by atoms with E-state index in [0.717, 1.165) is 16.6 Å². The lowest BCUT2D eigenvalue weighted by Crippen LogP contribution is -2.50. The molecule has 0 bridgehead atoms. The monoisotopic (exact) mass is 309 g/mol. The lowest BCUT2D eigenvalue weighted by atomic mass is 9.93. The van der Waals surface area contributed by atoms with Crippen LogP contribution in [0.4, 0.5) is 8.78 Å². The molecule has 1 N–H and O–H groups in total. The molecule has 0 amide bonds. The van der Waals surface area contributed by atoms with Crippen LogP contribution in [0.2, 0.25) is 0 Å². The van der Waals surface area contributed by atoms with Crippen LogP contribution in [-0.4, -0.2) is 44.8 Å². The van der Waals surface area contributed by atoms with Gasteiger partial charge in [-0.2, -0.15) is 5.10 Å². The standard InChI is InChI=1S/C15H17F2N3O2/c1-19-13-5-3-2-4-10(13)12(18-19)8-20-7-6-11(14(21)22)15(16,17)9-20/h2-5,11H,6-9H2,1H3,(H,21,22). The number of rotatable bonds is 3. The average molecular weight is 309 g/mol. The predicted molar refractivity (Wildman–Crippen MR) is 76.7 cm³/mol. The molecule has 3 rings (SSSR count). The number of para-hydroxylation sites is 1. The molecule has 1 unspecified atom stereocenters. The fourth-order valence-corrected chi connectivity index (χ4v) is 3.07. The van der Waals surface area contributed by atoms with Crippen LogP contribution in [0.15, 0.2) is 24.3 Å². The van der Waals surface area contributed by atoms with Crippen LogP contribution in [0.1, 0.15) is 12.1 Å². The number of hydrogen-bond acceptors (Lipinski definition) is 3. The Morgan fingerprint density at radius 2 is 2.18 bits per heavy atom. The maximum absolute atomic E-state index is 13.9. The first-order chi connectivity index (χ1) is 10.4. The Morgan fingerprint density at radius 1 is 1.45 bits per heavy atom. The van der Waals surface area contributed by atoms with E-state index >= 15 is 0 Å². The zero-order valence-corrected chi connectivity index (χ0v) is 12.2. The number of aryl methyl sites for hydroxylation is 1. The number of carboxylic acid groups (broad SMARTS) is 1. The predicted octanol–water partition coefficient (Wildman–Crippen LogP) is 2.12. The number of aliphatic carboxylic acids is 1. The Labute approximate surface area is 126 Å².